The minimum atomic E-state index is -0.754. The van der Waals surface area contributed by atoms with E-state index >= 15 is 0 Å². The summed E-state index contributed by atoms with van der Waals surface area (Å²) in [4.78, 5) is 35.8. The summed E-state index contributed by atoms with van der Waals surface area (Å²) in [6, 6.07) is 24.1. The third-order valence-corrected chi connectivity index (χ3v) is 9.75. The minimum absolute atomic E-state index is 0.158. The number of halogens is 1. The number of likely N-dealkylation sites (N-methyl/N-ethyl adjacent to an activating group) is 1. The van der Waals surface area contributed by atoms with Crippen LogP contribution in [0.1, 0.15) is 43.5 Å². The number of hydrogen-bond acceptors (Lipinski definition) is 7. The maximum absolute atomic E-state index is 14.5. The molecule has 0 fully saturated rings. The molecule has 0 bridgehead atoms. The van der Waals surface area contributed by atoms with E-state index in [1.165, 1.54) is 11.3 Å². The number of rotatable bonds is 10. The number of allylic oxidation sites excluding steroid dienone is 1. The van der Waals surface area contributed by atoms with Gasteiger partial charge in [-0.25, -0.2) is 4.99 Å². The van der Waals surface area contributed by atoms with E-state index in [4.69, 9.17) is 30.8 Å². The van der Waals surface area contributed by atoms with E-state index in [1.54, 1.807) is 23.7 Å². The maximum atomic E-state index is 14.5. The highest BCUT2D eigenvalue weighted by molar-refractivity contribution is 7.07. The van der Waals surface area contributed by atoms with Crippen LogP contribution in [0.15, 0.2) is 99.9 Å². The highest BCUT2D eigenvalue weighted by Gasteiger charge is 2.36. The van der Waals surface area contributed by atoms with Gasteiger partial charge in [-0.15, -0.1) is 0 Å². The summed E-state index contributed by atoms with van der Waals surface area (Å²) in [5.74, 6) is 1.54. The van der Waals surface area contributed by atoms with E-state index in [2.05, 4.69) is 0 Å². The van der Waals surface area contributed by atoms with Gasteiger partial charge in [0.25, 0.3) is 11.5 Å². The number of fused-ring (bicyclic) bond motifs is 2. The van der Waals surface area contributed by atoms with Gasteiger partial charge in [-0.2, -0.15) is 0 Å². The van der Waals surface area contributed by atoms with E-state index in [9.17, 15) is 9.59 Å². The Morgan fingerprint density at radius 2 is 1.67 bits per heavy atom. The van der Waals surface area contributed by atoms with Gasteiger partial charge < -0.3 is 19.1 Å². The predicted molar refractivity (Wildman–Crippen MR) is 191 cm³/mol. The monoisotopic (exact) mass is 681 g/mol. The van der Waals surface area contributed by atoms with Crippen molar-refractivity contribution in [2.45, 2.75) is 33.4 Å². The molecule has 0 saturated heterocycles. The van der Waals surface area contributed by atoms with Crippen LogP contribution in [0, 0.1) is 0 Å². The Morgan fingerprint density at radius 3 is 2.38 bits per heavy atom. The molecule has 8 nitrogen and oxygen atoms in total. The molecule has 10 heteroatoms. The van der Waals surface area contributed by atoms with Crippen LogP contribution in [-0.2, 0) is 11.4 Å². The predicted octanol–water partition coefficient (Wildman–Crippen LogP) is 6.51. The zero-order valence-electron chi connectivity index (χ0n) is 27.5. The lowest BCUT2D eigenvalue weighted by Crippen LogP contribution is -2.43. The fourth-order valence-electron chi connectivity index (χ4n) is 6.07. The molecular formula is C38H36ClN3O5S. The van der Waals surface area contributed by atoms with Crippen molar-refractivity contribution in [2.75, 3.05) is 27.3 Å². The Hall–Kier alpha value is -4.86. The van der Waals surface area contributed by atoms with Gasteiger partial charge in [0.1, 0.15) is 18.4 Å². The molecule has 0 aliphatic carbocycles. The minimum Gasteiger partial charge on any atom is -0.496 e. The second-order valence-electron chi connectivity index (χ2n) is 11.3. The van der Waals surface area contributed by atoms with Crippen LogP contribution in [0.2, 0.25) is 5.02 Å². The number of benzene rings is 4. The van der Waals surface area contributed by atoms with Crippen molar-refractivity contribution in [3.63, 3.8) is 0 Å². The zero-order chi connectivity index (χ0) is 33.9. The molecule has 0 radical (unpaired) electrons. The van der Waals surface area contributed by atoms with Gasteiger partial charge in [0.05, 0.1) is 30.0 Å². The summed E-state index contributed by atoms with van der Waals surface area (Å²) in [7, 11) is 3.19. The number of carbonyl (C=O) groups is 1. The van der Waals surface area contributed by atoms with Crippen molar-refractivity contribution in [1.29, 1.82) is 0 Å². The number of aromatic nitrogens is 1. The lowest BCUT2D eigenvalue weighted by molar-refractivity contribution is -0.127. The molecule has 0 saturated carbocycles. The number of ether oxygens (including phenoxy) is 3. The Morgan fingerprint density at radius 1 is 0.958 bits per heavy atom. The summed E-state index contributed by atoms with van der Waals surface area (Å²) in [5.41, 5.74) is 3.25. The third kappa shape index (κ3) is 6.23. The van der Waals surface area contributed by atoms with Crippen molar-refractivity contribution in [3.05, 3.63) is 132 Å². The van der Waals surface area contributed by atoms with Crippen LogP contribution in [0.3, 0.4) is 0 Å². The van der Waals surface area contributed by atoms with E-state index in [0.717, 1.165) is 27.5 Å². The van der Waals surface area contributed by atoms with Crippen LogP contribution in [0.4, 0.5) is 0 Å². The largest absolute Gasteiger partial charge is 0.496 e. The second-order valence-corrected chi connectivity index (χ2v) is 12.7. The molecule has 1 aromatic heterocycles. The van der Waals surface area contributed by atoms with Gasteiger partial charge in [-0.1, -0.05) is 71.5 Å². The number of hydrogen-bond donors (Lipinski definition) is 0. The first-order valence-electron chi connectivity index (χ1n) is 15.7. The number of amides is 1. The number of carbonyl (C=O) groups excluding carboxylic acids is 1. The average Bonchev–Trinajstić information content (AvgIpc) is 3.41. The summed E-state index contributed by atoms with van der Waals surface area (Å²) in [6.45, 7) is 7.13. The molecule has 4 aromatic carbocycles. The Bertz CT molecular complexity index is 2220. The van der Waals surface area contributed by atoms with Crippen molar-refractivity contribution < 1.29 is 19.0 Å². The molecule has 246 valence electrons. The summed E-state index contributed by atoms with van der Waals surface area (Å²) in [5, 5.41) is 2.54. The molecule has 1 atom stereocenters. The van der Waals surface area contributed by atoms with Crippen LogP contribution in [-0.4, -0.2) is 42.7 Å². The highest BCUT2D eigenvalue weighted by atomic mass is 35.5. The number of nitrogens with zero attached hydrogens (tertiary/aromatic N) is 3. The van der Waals surface area contributed by atoms with Gasteiger partial charge >= 0.3 is 0 Å². The van der Waals surface area contributed by atoms with E-state index in [-0.39, 0.29) is 11.5 Å². The lowest BCUT2D eigenvalue weighted by atomic mass is 9.90. The standard InChI is InChI=1S/C38H36ClN3O5S/c1-6-41(7-2)37(44)33-23(3)40-38-42(35(33)34-28-11-9-8-10-26(28)15-19-30(34)45-4)36(43)32(48-38)21-25-14-18-29(31(20-25)46-5)47-22-24-12-16-27(39)17-13-24/h8-21,35H,6-7,22H2,1-5H3/b32-21+/t35-/m0/s1. The normalized spacial score (nSPS) is 14.5. The SMILES string of the molecule is CCN(CC)C(=O)C1=C(C)N=c2s/c(=C/c3ccc(OCc4ccc(Cl)cc4)c(OC)c3)c(=O)n2[C@@H]1c1c(OC)ccc2ccccc12. The molecule has 6 rings (SSSR count). The number of methoxy groups -OCH3 is 2. The molecule has 1 aliphatic rings. The van der Waals surface area contributed by atoms with Gasteiger partial charge in [0.2, 0.25) is 0 Å². The Balaban J connectivity index is 1.48. The molecule has 48 heavy (non-hydrogen) atoms. The first-order chi connectivity index (χ1) is 23.3. The van der Waals surface area contributed by atoms with E-state index < -0.39 is 6.04 Å². The molecule has 0 spiro atoms. The summed E-state index contributed by atoms with van der Waals surface area (Å²) < 4.78 is 19.7. The van der Waals surface area contributed by atoms with Crippen molar-refractivity contribution in [3.8, 4) is 17.2 Å². The maximum Gasteiger partial charge on any atom is 0.271 e. The topological polar surface area (TPSA) is 82.4 Å². The van der Waals surface area contributed by atoms with Gasteiger partial charge in [-0.05, 0) is 79.1 Å². The van der Waals surface area contributed by atoms with Crippen LogP contribution in [0.25, 0.3) is 16.8 Å². The molecule has 2 heterocycles. The van der Waals surface area contributed by atoms with E-state index in [0.29, 0.717) is 62.6 Å². The van der Waals surface area contributed by atoms with E-state index in [1.807, 2.05) is 106 Å². The summed E-state index contributed by atoms with van der Waals surface area (Å²) in [6.07, 6.45) is 1.82. The fourth-order valence-corrected chi connectivity index (χ4v) is 7.24. The van der Waals surface area contributed by atoms with Crippen molar-refractivity contribution in [1.82, 2.24) is 9.47 Å². The number of thiazole rings is 1. The van der Waals surface area contributed by atoms with Crippen molar-refractivity contribution in [2.24, 2.45) is 4.99 Å². The molecular weight excluding hydrogens is 646 g/mol. The van der Waals surface area contributed by atoms with Crippen molar-refractivity contribution >= 4 is 45.7 Å². The Kier molecular flexibility index (Phi) is 9.71. The van der Waals surface area contributed by atoms with Crippen LogP contribution in [0.5, 0.6) is 17.2 Å². The van der Waals surface area contributed by atoms with Gasteiger partial charge in [0, 0.05) is 23.7 Å². The van der Waals surface area contributed by atoms with Gasteiger partial charge in [0.15, 0.2) is 16.3 Å². The zero-order valence-corrected chi connectivity index (χ0v) is 29.0. The first kappa shape index (κ1) is 33.1. The quantitative estimate of drug-likeness (QED) is 0.168. The average molecular weight is 682 g/mol. The Labute approximate surface area is 287 Å². The third-order valence-electron chi connectivity index (χ3n) is 8.52. The fraction of sp³-hybridized carbons (Fsp3) is 0.237. The molecule has 0 unspecified atom stereocenters. The molecule has 0 N–H and O–H groups in total. The molecule has 1 aliphatic heterocycles. The summed E-state index contributed by atoms with van der Waals surface area (Å²) >= 11 is 7.30. The highest BCUT2D eigenvalue weighted by Crippen LogP contribution is 2.40. The molecule has 5 aromatic rings. The smallest absolute Gasteiger partial charge is 0.271 e. The first-order valence-corrected chi connectivity index (χ1v) is 16.9. The van der Waals surface area contributed by atoms with Crippen LogP contribution >= 0.6 is 22.9 Å². The van der Waals surface area contributed by atoms with Crippen LogP contribution < -0.4 is 29.1 Å². The van der Waals surface area contributed by atoms with Gasteiger partial charge in [-0.3, -0.25) is 14.2 Å². The lowest BCUT2D eigenvalue weighted by Gasteiger charge is -2.30. The second kappa shape index (κ2) is 14.1. The molecule has 1 amide bonds.